The summed E-state index contributed by atoms with van der Waals surface area (Å²) < 4.78 is 4.97. The number of amides is 1. The van der Waals surface area contributed by atoms with Gasteiger partial charge < -0.3 is 4.74 Å². The van der Waals surface area contributed by atoms with E-state index in [2.05, 4.69) is 10.3 Å². The summed E-state index contributed by atoms with van der Waals surface area (Å²) in [4.78, 5) is 24.9. The molecule has 0 spiro atoms. The van der Waals surface area contributed by atoms with E-state index in [1.165, 1.54) is 6.08 Å². The molecular formula is C13H16N2O3. The maximum Gasteiger partial charge on any atom is 0.411 e. The molecule has 0 radical (unpaired) electrons. The van der Waals surface area contributed by atoms with Gasteiger partial charge in [0.1, 0.15) is 0 Å². The summed E-state index contributed by atoms with van der Waals surface area (Å²) in [5.74, 6) is 0. The summed E-state index contributed by atoms with van der Waals surface area (Å²) >= 11 is 0. The molecule has 0 atom stereocenters. The van der Waals surface area contributed by atoms with Gasteiger partial charge in [0, 0.05) is 5.69 Å². The van der Waals surface area contributed by atoms with E-state index in [9.17, 15) is 9.59 Å². The van der Waals surface area contributed by atoms with Crippen LogP contribution in [0.15, 0.2) is 29.3 Å². The van der Waals surface area contributed by atoms with Crippen LogP contribution in [0.4, 0.5) is 10.5 Å². The Balaban J connectivity index is 2.50. The second-order valence-corrected chi connectivity index (χ2v) is 3.72. The highest BCUT2D eigenvalue weighted by Gasteiger charge is 2.03. The monoisotopic (exact) mass is 248 g/mol. The molecule has 0 saturated carbocycles. The fraction of sp³-hybridized carbons (Fsp3) is 0.385. The van der Waals surface area contributed by atoms with Crippen molar-refractivity contribution in [1.82, 2.24) is 0 Å². The lowest BCUT2D eigenvalue weighted by Crippen LogP contribution is -2.14. The Morgan fingerprint density at radius 3 is 3.06 bits per heavy atom. The number of carbonyl (C=O) groups excluding carboxylic acids is 2. The molecule has 1 aromatic carbocycles. The number of isocyanates is 1. The van der Waals surface area contributed by atoms with Crippen molar-refractivity contribution in [3.63, 3.8) is 0 Å². The van der Waals surface area contributed by atoms with E-state index >= 15 is 0 Å². The van der Waals surface area contributed by atoms with Crippen LogP contribution in [-0.4, -0.2) is 18.8 Å². The van der Waals surface area contributed by atoms with Crippen molar-refractivity contribution in [2.24, 2.45) is 4.99 Å². The second kappa shape index (κ2) is 8.03. The molecule has 18 heavy (non-hydrogen) atoms. The molecule has 96 valence electrons. The van der Waals surface area contributed by atoms with Gasteiger partial charge in [-0.15, -0.1) is 0 Å². The number of hydrogen-bond acceptors (Lipinski definition) is 4. The minimum Gasteiger partial charge on any atom is -0.449 e. The first-order chi connectivity index (χ1) is 8.76. The first-order valence-electron chi connectivity index (χ1n) is 5.82. The van der Waals surface area contributed by atoms with E-state index in [4.69, 9.17) is 4.74 Å². The Labute approximate surface area is 106 Å². The third kappa shape index (κ3) is 5.27. The highest BCUT2D eigenvalue weighted by Crippen LogP contribution is 2.11. The van der Waals surface area contributed by atoms with Crippen molar-refractivity contribution in [3.05, 3.63) is 29.8 Å². The predicted octanol–water partition coefficient (Wildman–Crippen LogP) is 2.87. The molecular weight excluding hydrogens is 232 g/mol. The number of hydrogen-bond donors (Lipinski definition) is 1. The van der Waals surface area contributed by atoms with Gasteiger partial charge in [-0.2, -0.15) is 0 Å². The van der Waals surface area contributed by atoms with E-state index in [0.717, 1.165) is 18.4 Å². The number of unbranched alkanes of at least 4 members (excludes halogenated alkanes) is 1. The summed E-state index contributed by atoms with van der Waals surface area (Å²) in [5, 5.41) is 2.62. The summed E-state index contributed by atoms with van der Waals surface area (Å²) in [5.41, 5.74) is 1.44. The predicted molar refractivity (Wildman–Crippen MR) is 68.1 cm³/mol. The van der Waals surface area contributed by atoms with E-state index in [-0.39, 0.29) is 6.54 Å². The van der Waals surface area contributed by atoms with Gasteiger partial charge in [0.05, 0.1) is 13.2 Å². The molecule has 0 unspecified atom stereocenters. The molecule has 1 amide bonds. The molecule has 0 saturated heterocycles. The lowest BCUT2D eigenvalue weighted by molar-refractivity contribution is 0.160. The van der Waals surface area contributed by atoms with Gasteiger partial charge in [0.25, 0.3) is 0 Å². The Morgan fingerprint density at radius 2 is 2.33 bits per heavy atom. The molecule has 0 aliphatic heterocycles. The second-order valence-electron chi connectivity index (χ2n) is 3.72. The maximum absolute atomic E-state index is 11.4. The van der Waals surface area contributed by atoms with Crippen molar-refractivity contribution in [2.45, 2.75) is 26.3 Å². The minimum atomic E-state index is -0.473. The van der Waals surface area contributed by atoms with E-state index in [0.29, 0.717) is 12.3 Å². The van der Waals surface area contributed by atoms with Crippen LogP contribution in [0.2, 0.25) is 0 Å². The maximum atomic E-state index is 11.4. The number of benzene rings is 1. The van der Waals surface area contributed by atoms with Crippen molar-refractivity contribution in [3.8, 4) is 0 Å². The van der Waals surface area contributed by atoms with Crippen LogP contribution in [0.25, 0.3) is 0 Å². The van der Waals surface area contributed by atoms with Crippen LogP contribution in [0.5, 0.6) is 0 Å². The summed E-state index contributed by atoms with van der Waals surface area (Å²) in [6, 6.07) is 7.07. The molecule has 1 N–H and O–H groups in total. The van der Waals surface area contributed by atoms with Crippen LogP contribution in [0, 0.1) is 0 Å². The lowest BCUT2D eigenvalue weighted by atomic mass is 10.2. The normalized spacial score (nSPS) is 9.39. The number of carbonyl (C=O) groups is 1. The summed E-state index contributed by atoms with van der Waals surface area (Å²) in [6.07, 6.45) is 2.83. The van der Waals surface area contributed by atoms with Crippen molar-refractivity contribution in [1.29, 1.82) is 0 Å². The zero-order chi connectivity index (χ0) is 13.2. The van der Waals surface area contributed by atoms with Gasteiger partial charge in [-0.1, -0.05) is 25.5 Å². The molecule has 0 aliphatic rings. The van der Waals surface area contributed by atoms with Crippen LogP contribution < -0.4 is 5.32 Å². The average molecular weight is 248 g/mol. The van der Waals surface area contributed by atoms with Crippen molar-refractivity contribution < 1.29 is 14.3 Å². The highest BCUT2D eigenvalue weighted by molar-refractivity contribution is 5.84. The van der Waals surface area contributed by atoms with Gasteiger partial charge in [0.2, 0.25) is 6.08 Å². The molecule has 1 aromatic rings. The number of nitrogens with zero attached hydrogens (tertiary/aromatic N) is 1. The summed E-state index contributed by atoms with van der Waals surface area (Å²) in [6.45, 7) is 2.69. The molecule has 0 aliphatic carbocycles. The quantitative estimate of drug-likeness (QED) is 0.478. The number of nitrogens with one attached hydrogen (secondary N) is 1. The molecule has 1 rings (SSSR count). The van der Waals surface area contributed by atoms with Gasteiger partial charge in [0.15, 0.2) is 0 Å². The third-order valence-electron chi connectivity index (χ3n) is 2.23. The smallest absolute Gasteiger partial charge is 0.411 e. The Kier molecular flexibility index (Phi) is 6.22. The third-order valence-corrected chi connectivity index (χ3v) is 2.23. The fourth-order valence-electron chi connectivity index (χ4n) is 1.33. The van der Waals surface area contributed by atoms with Crippen molar-refractivity contribution in [2.75, 3.05) is 11.9 Å². The van der Waals surface area contributed by atoms with E-state index in [1.807, 2.05) is 13.0 Å². The van der Waals surface area contributed by atoms with E-state index in [1.54, 1.807) is 18.2 Å². The molecule has 5 heteroatoms. The fourth-order valence-corrected chi connectivity index (χ4v) is 1.33. The number of aliphatic imine (C=N–C) groups is 1. The van der Waals surface area contributed by atoms with Crippen LogP contribution >= 0.6 is 0 Å². The molecule has 5 nitrogen and oxygen atoms in total. The zero-order valence-corrected chi connectivity index (χ0v) is 10.3. The van der Waals surface area contributed by atoms with Gasteiger partial charge in [-0.05, 0) is 24.1 Å². The van der Waals surface area contributed by atoms with Gasteiger partial charge >= 0.3 is 6.09 Å². The number of anilines is 1. The Hall–Kier alpha value is -2.13. The largest absolute Gasteiger partial charge is 0.449 e. The van der Waals surface area contributed by atoms with Crippen LogP contribution in [0.3, 0.4) is 0 Å². The standard InChI is InChI=1S/C13H16N2O3/c1-2-3-7-18-13(17)15-12-6-4-5-11(8-12)9-14-10-16/h4-6,8H,2-3,7,9H2,1H3,(H,15,17). The molecule has 0 heterocycles. The van der Waals surface area contributed by atoms with Crippen molar-refractivity contribution >= 4 is 17.9 Å². The number of ether oxygens (including phenoxy) is 1. The van der Waals surface area contributed by atoms with E-state index < -0.39 is 6.09 Å². The van der Waals surface area contributed by atoms with Gasteiger partial charge in [-0.3, -0.25) is 5.32 Å². The van der Waals surface area contributed by atoms with Crippen LogP contribution in [0.1, 0.15) is 25.3 Å². The molecule has 0 fully saturated rings. The Bertz CT molecular complexity index is 440. The zero-order valence-electron chi connectivity index (χ0n) is 10.3. The highest BCUT2D eigenvalue weighted by atomic mass is 16.5. The molecule has 0 bridgehead atoms. The SMILES string of the molecule is CCCCOC(=O)Nc1cccc(CN=C=O)c1. The topological polar surface area (TPSA) is 67.8 Å². The summed E-state index contributed by atoms with van der Waals surface area (Å²) in [7, 11) is 0. The first kappa shape index (κ1) is 13.9. The Morgan fingerprint density at radius 1 is 1.50 bits per heavy atom. The van der Waals surface area contributed by atoms with Gasteiger partial charge in [-0.25, -0.2) is 14.6 Å². The molecule has 0 aromatic heterocycles. The minimum absolute atomic E-state index is 0.254. The average Bonchev–Trinajstić information content (AvgIpc) is 2.37. The lowest BCUT2D eigenvalue weighted by Gasteiger charge is -2.07. The van der Waals surface area contributed by atoms with Crippen LogP contribution in [-0.2, 0) is 16.1 Å². The first-order valence-corrected chi connectivity index (χ1v) is 5.82. The number of rotatable bonds is 6.